The van der Waals surface area contributed by atoms with Crippen molar-refractivity contribution in [2.45, 2.75) is 13.0 Å². The summed E-state index contributed by atoms with van der Waals surface area (Å²) in [6, 6.07) is 5.32. The molecule has 16 heavy (non-hydrogen) atoms. The Bertz CT molecular complexity index is 349. The average molecular weight is 224 g/mol. The molecule has 1 aromatic rings. The molecule has 0 spiro atoms. The van der Waals surface area contributed by atoms with Crippen LogP contribution in [-0.2, 0) is 4.74 Å². The molecule has 0 amide bonds. The molecule has 4 nitrogen and oxygen atoms in total. The lowest BCUT2D eigenvalue weighted by Crippen LogP contribution is -2.23. The summed E-state index contributed by atoms with van der Waals surface area (Å²) < 4.78 is 10.2. The first-order chi connectivity index (χ1) is 7.69. The van der Waals surface area contributed by atoms with Gasteiger partial charge in [0.1, 0.15) is 18.5 Å². The Morgan fingerprint density at radius 3 is 2.81 bits per heavy atom. The Hall–Kier alpha value is -1.39. The Morgan fingerprint density at radius 1 is 1.44 bits per heavy atom. The molecule has 88 valence electrons. The Kier molecular flexibility index (Phi) is 4.95. The first kappa shape index (κ1) is 12.7. The van der Waals surface area contributed by atoms with Gasteiger partial charge in [-0.15, -0.1) is 0 Å². The van der Waals surface area contributed by atoms with Gasteiger partial charge in [-0.2, -0.15) is 0 Å². The van der Waals surface area contributed by atoms with Gasteiger partial charge in [0.05, 0.1) is 12.2 Å². The van der Waals surface area contributed by atoms with Gasteiger partial charge in [-0.1, -0.05) is 12.1 Å². The number of carbonyl (C=O) groups is 1. The number of aliphatic hydroxyl groups excluding tert-OH is 1. The van der Waals surface area contributed by atoms with E-state index < -0.39 is 6.10 Å². The van der Waals surface area contributed by atoms with Crippen LogP contribution < -0.4 is 4.74 Å². The zero-order valence-corrected chi connectivity index (χ0v) is 9.47. The van der Waals surface area contributed by atoms with Gasteiger partial charge in [0.15, 0.2) is 6.29 Å². The molecule has 1 N–H and O–H groups in total. The second-order valence-corrected chi connectivity index (χ2v) is 3.53. The second kappa shape index (κ2) is 6.25. The number of benzene rings is 1. The maximum Gasteiger partial charge on any atom is 0.153 e. The number of hydrogen-bond acceptors (Lipinski definition) is 4. The highest BCUT2D eigenvalue weighted by Gasteiger charge is 2.09. The minimum absolute atomic E-state index is 0.111. The second-order valence-electron chi connectivity index (χ2n) is 3.53. The van der Waals surface area contributed by atoms with Crippen molar-refractivity contribution in [2.75, 3.05) is 20.3 Å². The molecule has 1 unspecified atom stereocenters. The first-order valence-electron chi connectivity index (χ1n) is 5.03. The molecular weight excluding hydrogens is 208 g/mol. The lowest BCUT2D eigenvalue weighted by molar-refractivity contribution is 0.0322. The van der Waals surface area contributed by atoms with E-state index in [1.54, 1.807) is 12.1 Å². The predicted molar refractivity (Wildman–Crippen MR) is 59.9 cm³/mol. The van der Waals surface area contributed by atoms with Gasteiger partial charge in [-0.25, -0.2) is 0 Å². The van der Waals surface area contributed by atoms with E-state index >= 15 is 0 Å². The quantitative estimate of drug-likeness (QED) is 0.737. The zero-order chi connectivity index (χ0) is 12.0. The summed E-state index contributed by atoms with van der Waals surface area (Å²) in [5, 5.41) is 9.43. The number of ether oxygens (including phenoxy) is 2. The molecule has 1 rings (SSSR count). The number of rotatable bonds is 6. The van der Waals surface area contributed by atoms with Gasteiger partial charge < -0.3 is 14.6 Å². The van der Waals surface area contributed by atoms with E-state index in [4.69, 9.17) is 9.47 Å². The molecule has 0 fully saturated rings. The van der Waals surface area contributed by atoms with E-state index in [-0.39, 0.29) is 13.2 Å². The number of methoxy groups -OCH3 is 1. The van der Waals surface area contributed by atoms with E-state index in [0.717, 1.165) is 11.8 Å². The van der Waals surface area contributed by atoms with Gasteiger partial charge in [-0.05, 0) is 18.6 Å². The lowest BCUT2D eigenvalue weighted by Gasteiger charge is -2.14. The van der Waals surface area contributed by atoms with Crippen molar-refractivity contribution in [3.8, 4) is 5.75 Å². The van der Waals surface area contributed by atoms with Crippen LogP contribution in [0, 0.1) is 6.92 Å². The van der Waals surface area contributed by atoms with Crippen LogP contribution in [0.5, 0.6) is 5.75 Å². The summed E-state index contributed by atoms with van der Waals surface area (Å²) in [6.07, 6.45) is 0.0505. The third kappa shape index (κ3) is 3.32. The molecular formula is C12H16O4. The van der Waals surface area contributed by atoms with E-state index in [1.807, 2.05) is 13.0 Å². The minimum atomic E-state index is -0.691. The molecule has 0 aliphatic rings. The van der Waals surface area contributed by atoms with Crippen LogP contribution in [0.2, 0.25) is 0 Å². The van der Waals surface area contributed by atoms with Gasteiger partial charge >= 0.3 is 0 Å². The van der Waals surface area contributed by atoms with Crippen LogP contribution >= 0.6 is 0 Å². The molecule has 0 saturated heterocycles. The lowest BCUT2D eigenvalue weighted by atomic mass is 10.1. The largest absolute Gasteiger partial charge is 0.490 e. The minimum Gasteiger partial charge on any atom is -0.490 e. The SMILES string of the molecule is COCC(O)COc1c(C)cccc1C=O. The van der Waals surface area contributed by atoms with Crippen molar-refractivity contribution in [1.29, 1.82) is 0 Å². The molecule has 4 heteroatoms. The van der Waals surface area contributed by atoms with Crippen LogP contribution in [0.4, 0.5) is 0 Å². The maximum absolute atomic E-state index is 10.8. The van der Waals surface area contributed by atoms with Crippen LogP contribution in [-0.4, -0.2) is 37.8 Å². The van der Waals surface area contributed by atoms with Gasteiger partial charge in [0, 0.05) is 7.11 Å². The van der Waals surface area contributed by atoms with Crippen molar-refractivity contribution in [3.05, 3.63) is 29.3 Å². The van der Waals surface area contributed by atoms with Crippen LogP contribution in [0.3, 0.4) is 0 Å². The molecule has 0 bridgehead atoms. The number of aliphatic hydroxyl groups is 1. The fourth-order valence-electron chi connectivity index (χ4n) is 1.39. The van der Waals surface area contributed by atoms with Crippen molar-refractivity contribution in [2.24, 2.45) is 0 Å². The zero-order valence-electron chi connectivity index (χ0n) is 9.47. The molecule has 0 aliphatic heterocycles. The van der Waals surface area contributed by atoms with Gasteiger partial charge in [0.25, 0.3) is 0 Å². The number of hydrogen-bond donors (Lipinski definition) is 1. The Balaban J connectivity index is 2.69. The summed E-state index contributed by atoms with van der Waals surface area (Å²) in [7, 11) is 1.51. The molecule has 0 saturated carbocycles. The van der Waals surface area contributed by atoms with Crippen molar-refractivity contribution >= 4 is 6.29 Å². The standard InChI is InChI=1S/C12H16O4/c1-9-4-3-5-10(6-13)12(9)16-8-11(14)7-15-2/h3-6,11,14H,7-8H2,1-2H3. The van der Waals surface area contributed by atoms with Crippen LogP contribution in [0.25, 0.3) is 0 Å². The first-order valence-corrected chi connectivity index (χ1v) is 5.03. The molecule has 1 atom stereocenters. The van der Waals surface area contributed by atoms with E-state index in [1.165, 1.54) is 7.11 Å². The highest BCUT2D eigenvalue weighted by atomic mass is 16.5. The molecule has 0 heterocycles. The van der Waals surface area contributed by atoms with E-state index in [2.05, 4.69) is 0 Å². The normalized spacial score (nSPS) is 12.2. The van der Waals surface area contributed by atoms with Crippen molar-refractivity contribution in [3.63, 3.8) is 0 Å². The fraction of sp³-hybridized carbons (Fsp3) is 0.417. The Labute approximate surface area is 94.8 Å². The van der Waals surface area contributed by atoms with E-state index in [0.29, 0.717) is 11.3 Å². The van der Waals surface area contributed by atoms with Gasteiger partial charge in [0.2, 0.25) is 0 Å². The summed E-state index contributed by atoms with van der Waals surface area (Å²) >= 11 is 0. The number of aryl methyl sites for hydroxylation is 1. The van der Waals surface area contributed by atoms with E-state index in [9.17, 15) is 9.90 Å². The summed E-state index contributed by atoms with van der Waals surface area (Å²) in [6.45, 7) is 2.17. The summed E-state index contributed by atoms with van der Waals surface area (Å²) in [5.41, 5.74) is 1.36. The smallest absolute Gasteiger partial charge is 0.153 e. The Morgan fingerprint density at radius 2 is 2.19 bits per heavy atom. The van der Waals surface area contributed by atoms with Crippen molar-refractivity contribution in [1.82, 2.24) is 0 Å². The molecule has 1 aromatic carbocycles. The number of carbonyl (C=O) groups excluding carboxylic acids is 1. The molecule has 0 aliphatic carbocycles. The maximum atomic E-state index is 10.8. The predicted octanol–water partition coefficient (Wildman–Crippen LogP) is 1.19. The number of para-hydroxylation sites is 1. The summed E-state index contributed by atoms with van der Waals surface area (Å²) in [5.74, 6) is 0.521. The highest BCUT2D eigenvalue weighted by molar-refractivity contribution is 5.80. The highest BCUT2D eigenvalue weighted by Crippen LogP contribution is 2.21. The molecule has 0 aromatic heterocycles. The average Bonchev–Trinajstić information content (AvgIpc) is 2.27. The van der Waals surface area contributed by atoms with Crippen molar-refractivity contribution < 1.29 is 19.4 Å². The topological polar surface area (TPSA) is 55.8 Å². The summed E-state index contributed by atoms with van der Waals surface area (Å²) in [4.78, 5) is 10.8. The third-order valence-electron chi connectivity index (χ3n) is 2.15. The van der Waals surface area contributed by atoms with Gasteiger partial charge in [-0.3, -0.25) is 4.79 Å². The third-order valence-corrected chi connectivity index (χ3v) is 2.15. The number of aldehydes is 1. The van der Waals surface area contributed by atoms with Crippen LogP contribution in [0.1, 0.15) is 15.9 Å². The molecule has 0 radical (unpaired) electrons. The fourth-order valence-corrected chi connectivity index (χ4v) is 1.39. The monoisotopic (exact) mass is 224 g/mol. The van der Waals surface area contributed by atoms with Crippen LogP contribution in [0.15, 0.2) is 18.2 Å².